The van der Waals surface area contributed by atoms with Crippen molar-refractivity contribution in [1.29, 1.82) is 5.26 Å². The number of allylic oxidation sites excluding steroid dienone is 1. The Kier molecular flexibility index (Phi) is 5.96. The van der Waals surface area contributed by atoms with Gasteiger partial charge in [0, 0.05) is 16.8 Å². The van der Waals surface area contributed by atoms with E-state index in [-0.39, 0.29) is 11.3 Å². The van der Waals surface area contributed by atoms with E-state index in [1.165, 1.54) is 6.08 Å². The predicted octanol–water partition coefficient (Wildman–Crippen LogP) is 6.02. The zero-order valence-corrected chi connectivity index (χ0v) is 16.5. The van der Waals surface area contributed by atoms with E-state index in [0.717, 1.165) is 17.7 Å². The molecular formula is C20H13Cl2F3N4. The topological polar surface area (TPSA) is 54.5 Å². The third kappa shape index (κ3) is 4.78. The molecule has 0 amide bonds. The lowest BCUT2D eigenvalue weighted by Gasteiger charge is -2.06. The number of hydrogen-bond acceptors (Lipinski definition) is 3. The molecule has 0 atom stereocenters. The summed E-state index contributed by atoms with van der Waals surface area (Å²) in [6.07, 6.45) is -2.33. The molecule has 1 aromatic carbocycles. The number of rotatable bonds is 4. The molecule has 148 valence electrons. The van der Waals surface area contributed by atoms with Crippen LogP contribution in [0.1, 0.15) is 28.1 Å². The number of hydrogen-bond donors (Lipinski definition) is 0. The van der Waals surface area contributed by atoms with E-state index in [1.54, 1.807) is 23.7 Å². The number of nitrogens with zero attached hydrogens (tertiary/aromatic N) is 4. The molecule has 0 bridgehead atoms. The Bertz CT molecular complexity index is 1090. The van der Waals surface area contributed by atoms with Crippen LogP contribution < -0.4 is 0 Å². The second-order valence-electron chi connectivity index (χ2n) is 6.17. The molecule has 3 rings (SSSR count). The van der Waals surface area contributed by atoms with Gasteiger partial charge in [-0.1, -0.05) is 35.3 Å². The maximum atomic E-state index is 12.7. The predicted molar refractivity (Wildman–Crippen MR) is 105 cm³/mol. The Morgan fingerprint density at radius 2 is 1.86 bits per heavy atom. The van der Waals surface area contributed by atoms with Gasteiger partial charge in [-0.3, -0.25) is 4.98 Å². The van der Waals surface area contributed by atoms with Crippen LogP contribution in [0, 0.1) is 18.3 Å². The van der Waals surface area contributed by atoms with Crippen LogP contribution in [0.5, 0.6) is 0 Å². The molecule has 0 aliphatic rings. The number of halogens is 5. The van der Waals surface area contributed by atoms with Crippen LogP contribution in [0.25, 0.3) is 11.6 Å². The fourth-order valence-electron chi connectivity index (χ4n) is 2.63. The molecule has 9 heteroatoms. The molecule has 0 unspecified atom stereocenters. The van der Waals surface area contributed by atoms with Crippen molar-refractivity contribution in [2.45, 2.75) is 19.6 Å². The summed E-state index contributed by atoms with van der Waals surface area (Å²) in [5.74, 6) is 0. The number of pyridine rings is 1. The minimum Gasteiger partial charge on any atom is -0.255 e. The van der Waals surface area contributed by atoms with E-state index in [2.05, 4.69) is 10.1 Å². The molecule has 3 aromatic rings. The minimum atomic E-state index is -4.50. The van der Waals surface area contributed by atoms with Crippen LogP contribution in [0.4, 0.5) is 13.2 Å². The van der Waals surface area contributed by atoms with Crippen LogP contribution in [0.3, 0.4) is 0 Å². The van der Waals surface area contributed by atoms with Crippen LogP contribution in [-0.4, -0.2) is 14.8 Å². The van der Waals surface area contributed by atoms with Gasteiger partial charge in [-0.25, -0.2) is 4.68 Å². The summed E-state index contributed by atoms with van der Waals surface area (Å²) < 4.78 is 39.7. The number of nitriles is 1. The van der Waals surface area contributed by atoms with Crippen molar-refractivity contribution in [3.05, 3.63) is 80.8 Å². The Morgan fingerprint density at radius 1 is 1.17 bits per heavy atom. The van der Waals surface area contributed by atoms with Gasteiger partial charge >= 0.3 is 6.18 Å². The van der Waals surface area contributed by atoms with E-state index in [4.69, 9.17) is 23.2 Å². The van der Waals surface area contributed by atoms with Gasteiger partial charge in [-0.05, 0) is 42.8 Å². The second-order valence-corrected chi connectivity index (χ2v) is 6.97. The number of aromatic nitrogens is 3. The average Bonchev–Trinajstić information content (AvgIpc) is 2.94. The first-order chi connectivity index (χ1) is 13.7. The molecule has 0 N–H and O–H groups in total. The van der Waals surface area contributed by atoms with Gasteiger partial charge in [-0.15, -0.1) is 0 Å². The molecule has 0 aliphatic heterocycles. The van der Waals surface area contributed by atoms with Crippen LogP contribution in [0.2, 0.25) is 10.2 Å². The third-order valence-corrected chi connectivity index (χ3v) is 4.78. The highest BCUT2D eigenvalue weighted by atomic mass is 35.5. The van der Waals surface area contributed by atoms with E-state index in [0.29, 0.717) is 34.2 Å². The van der Waals surface area contributed by atoms with Crippen molar-refractivity contribution in [2.24, 2.45) is 0 Å². The third-order valence-electron chi connectivity index (χ3n) is 4.13. The lowest BCUT2D eigenvalue weighted by atomic mass is 10.1. The summed E-state index contributed by atoms with van der Waals surface area (Å²) >= 11 is 12.3. The van der Waals surface area contributed by atoms with Crippen molar-refractivity contribution < 1.29 is 13.2 Å². The molecular weight excluding hydrogens is 424 g/mol. The number of alkyl halides is 3. The van der Waals surface area contributed by atoms with E-state index in [9.17, 15) is 18.4 Å². The van der Waals surface area contributed by atoms with Gasteiger partial charge in [0.15, 0.2) is 0 Å². The highest BCUT2D eigenvalue weighted by Crippen LogP contribution is 2.30. The quantitative estimate of drug-likeness (QED) is 0.469. The molecule has 2 heterocycles. The number of benzene rings is 1. The molecule has 0 aliphatic carbocycles. The summed E-state index contributed by atoms with van der Waals surface area (Å²) in [7, 11) is 0. The molecule has 0 saturated carbocycles. The van der Waals surface area contributed by atoms with Gasteiger partial charge in [-0.2, -0.15) is 23.5 Å². The molecule has 29 heavy (non-hydrogen) atoms. The van der Waals surface area contributed by atoms with Crippen molar-refractivity contribution in [3.8, 4) is 6.07 Å². The van der Waals surface area contributed by atoms with Gasteiger partial charge in [0.2, 0.25) is 0 Å². The minimum absolute atomic E-state index is 0.0785. The maximum Gasteiger partial charge on any atom is 0.417 e. The largest absolute Gasteiger partial charge is 0.417 e. The van der Waals surface area contributed by atoms with Crippen molar-refractivity contribution in [3.63, 3.8) is 0 Å². The van der Waals surface area contributed by atoms with Crippen molar-refractivity contribution in [1.82, 2.24) is 14.8 Å². The zero-order chi connectivity index (χ0) is 21.2. The van der Waals surface area contributed by atoms with Gasteiger partial charge in [0.25, 0.3) is 0 Å². The fraction of sp³-hybridized carbons (Fsp3) is 0.150. The Morgan fingerprint density at radius 3 is 2.41 bits per heavy atom. The molecule has 0 radical (unpaired) electrons. The van der Waals surface area contributed by atoms with Crippen LogP contribution >= 0.6 is 23.2 Å². The summed E-state index contributed by atoms with van der Waals surface area (Å²) in [5.41, 5.74) is 1.31. The Hall–Kier alpha value is -2.82. The highest BCUT2D eigenvalue weighted by molar-refractivity contribution is 6.31. The normalized spacial score (nSPS) is 12.1. The summed E-state index contributed by atoms with van der Waals surface area (Å²) in [6, 6.07) is 11.2. The van der Waals surface area contributed by atoms with Gasteiger partial charge < -0.3 is 0 Å². The molecule has 0 fully saturated rings. The molecule has 4 nitrogen and oxygen atoms in total. The lowest BCUT2D eigenvalue weighted by molar-refractivity contribution is -0.137. The van der Waals surface area contributed by atoms with Crippen LogP contribution in [-0.2, 0) is 12.7 Å². The summed E-state index contributed by atoms with van der Waals surface area (Å²) in [5, 5.41) is 14.8. The fourth-order valence-corrected chi connectivity index (χ4v) is 3.04. The van der Waals surface area contributed by atoms with Crippen molar-refractivity contribution in [2.75, 3.05) is 0 Å². The summed E-state index contributed by atoms with van der Waals surface area (Å²) in [4.78, 5) is 3.76. The van der Waals surface area contributed by atoms with Crippen molar-refractivity contribution >= 4 is 34.9 Å². The summed E-state index contributed by atoms with van der Waals surface area (Å²) in [6.45, 7) is 2.12. The monoisotopic (exact) mass is 436 g/mol. The van der Waals surface area contributed by atoms with Crippen LogP contribution in [0.15, 0.2) is 42.6 Å². The van der Waals surface area contributed by atoms with E-state index < -0.39 is 11.7 Å². The maximum absolute atomic E-state index is 12.7. The average molecular weight is 437 g/mol. The SMILES string of the molecule is Cc1nn(Cc2ccc(Cl)cc2)c(Cl)c1C=C(C#N)c1ccc(C(F)(F)F)cn1. The first kappa shape index (κ1) is 20.9. The highest BCUT2D eigenvalue weighted by Gasteiger charge is 2.30. The Balaban J connectivity index is 1.93. The van der Waals surface area contributed by atoms with Gasteiger partial charge in [0.05, 0.1) is 29.1 Å². The Labute approximate surface area is 174 Å². The second kappa shape index (κ2) is 8.27. The lowest BCUT2D eigenvalue weighted by Crippen LogP contribution is -2.05. The van der Waals surface area contributed by atoms with E-state index in [1.807, 2.05) is 18.2 Å². The smallest absolute Gasteiger partial charge is 0.255 e. The zero-order valence-electron chi connectivity index (χ0n) is 15.0. The first-order valence-electron chi connectivity index (χ1n) is 8.32. The van der Waals surface area contributed by atoms with Gasteiger partial charge in [0.1, 0.15) is 11.2 Å². The van der Waals surface area contributed by atoms with E-state index >= 15 is 0 Å². The standard InChI is InChI=1S/C20H13Cl2F3N4/c1-12-17(19(22)29(28-12)11-13-2-5-16(21)6-3-13)8-14(9-26)18-7-4-15(10-27-18)20(23,24)25/h2-8,10H,11H2,1H3. The molecule has 0 saturated heterocycles. The molecule has 0 spiro atoms. The number of aryl methyl sites for hydroxylation is 1. The first-order valence-corrected chi connectivity index (χ1v) is 9.07. The molecule has 2 aromatic heterocycles.